The van der Waals surface area contributed by atoms with Crippen LogP contribution in [0.15, 0.2) is 71.0 Å². The number of allylic oxidation sites excluding steroid dienone is 1. The molecule has 0 spiro atoms. The lowest BCUT2D eigenvalue weighted by Gasteiger charge is -2.27. The molecule has 2 aliphatic rings. The summed E-state index contributed by atoms with van der Waals surface area (Å²) < 4.78 is 5.32. The molecule has 0 saturated carbocycles. The first-order valence-electron chi connectivity index (χ1n) is 10.9. The summed E-state index contributed by atoms with van der Waals surface area (Å²) in [5.41, 5.74) is 5.37. The van der Waals surface area contributed by atoms with E-state index in [2.05, 4.69) is 56.2 Å². The summed E-state index contributed by atoms with van der Waals surface area (Å²) in [6, 6.07) is 14.3. The van der Waals surface area contributed by atoms with E-state index in [0.29, 0.717) is 17.2 Å². The Bertz CT molecular complexity index is 1020. The zero-order chi connectivity index (χ0) is 22.3. The highest BCUT2D eigenvalue weighted by atomic mass is 35.5. The number of aliphatic imine (C=N–C) groups is 1. The second kappa shape index (κ2) is 10.7. The summed E-state index contributed by atoms with van der Waals surface area (Å²) in [5, 5.41) is 10.9. The molecule has 1 fully saturated rings. The van der Waals surface area contributed by atoms with E-state index in [4.69, 9.17) is 16.3 Å². The highest BCUT2D eigenvalue weighted by molar-refractivity contribution is 6.32. The first-order valence-corrected chi connectivity index (χ1v) is 11.3. The molecular formula is C25H30ClN5O. The third kappa shape index (κ3) is 5.91. The molecule has 0 radical (unpaired) electrons. The average Bonchev–Trinajstić information content (AvgIpc) is 2.98. The van der Waals surface area contributed by atoms with Crippen molar-refractivity contribution in [2.45, 2.75) is 19.9 Å². The second-order valence-corrected chi connectivity index (χ2v) is 8.44. The molecule has 6 nitrogen and oxygen atoms in total. The molecule has 0 aliphatic carbocycles. The fourth-order valence-corrected chi connectivity index (χ4v) is 3.96. The summed E-state index contributed by atoms with van der Waals surface area (Å²) in [6.45, 7) is 7.40. The highest BCUT2D eigenvalue weighted by Gasteiger charge is 2.11. The normalized spacial score (nSPS) is 17.0. The number of rotatable bonds is 6. The Morgan fingerprint density at radius 2 is 1.81 bits per heavy atom. The summed E-state index contributed by atoms with van der Waals surface area (Å²) in [6.07, 6.45) is 4.73. The molecule has 2 aromatic carbocycles. The number of nitrogens with one attached hydrogen (secondary N) is 3. The van der Waals surface area contributed by atoms with E-state index in [-0.39, 0.29) is 0 Å². The first-order chi connectivity index (χ1) is 15.6. The lowest BCUT2D eigenvalue weighted by Crippen LogP contribution is -2.42. The van der Waals surface area contributed by atoms with E-state index in [9.17, 15) is 0 Å². The fraction of sp³-hybridized carbons (Fsp3) is 0.320. The topological polar surface area (TPSA) is 60.9 Å². The maximum absolute atomic E-state index is 6.14. The fourth-order valence-electron chi connectivity index (χ4n) is 3.77. The minimum atomic E-state index is 0.592. The molecule has 1 saturated heterocycles. The minimum Gasteiger partial charge on any atom is -0.495 e. The van der Waals surface area contributed by atoms with Gasteiger partial charge >= 0.3 is 0 Å². The Morgan fingerprint density at radius 1 is 1.06 bits per heavy atom. The second-order valence-electron chi connectivity index (χ2n) is 8.03. The molecule has 2 heterocycles. The molecule has 2 aliphatic heterocycles. The van der Waals surface area contributed by atoms with Gasteiger partial charge in [0.05, 0.1) is 12.1 Å². The van der Waals surface area contributed by atoms with Crippen LogP contribution in [0.3, 0.4) is 0 Å². The molecule has 2 aromatic rings. The van der Waals surface area contributed by atoms with Crippen molar-refractivity contribution in [2.75, 3.05) is 43.9 Å². The van der Waals surface area contributed by atoms with Crippen LogP contribution in [0, 0.1) is 0 Å². The van der Waals surface area contributed by atoms with E-state index in [1.807, 2.05) is 31.3 Å². The number of anilines is 2. The Morgan fingerprint density at radius 3 is 2.56 bits per heavy atom. The summed E-state index contributed by atoms with van der Waals surface area (Å²) >= 11 is 6.14. The largest absolute Gasteiger partial charge is 0.495 e. The third-order valence-electron chi connectivity index (χ3n) is 5.63. The molecule has 3 N–H and O–H groups in total. The molecule has 32 heavy (non-hydrogen) atoms. The number of nitrogens with zero attached hydrogens (tertiary/aromatic N) is 2. The van der Waals surface area contributed by atoms with Gasteiger partial charge in [0.25, 0.3) is 0 Å². The van der Waals surface area contributed by atoms with E-state index in [1.54, 1.807) is 7.11 Å². The van der Waals surface area contributed by atoms with Crippen LogP contribution in [0.5, 0.6) is 5.75 Å². The van der Waals surface area contributed by atoms with Crippen molar-refractivity contribution in [3.63, 3.8) is 0 Å². The predicted octanol–water partition coefficient (Wildman–Crippen LogP) is 4.87. The monoisotopic (exact) mass is 451 g/mol. The number of methoxy groups -OCH3 is 1. The van der Waals surface area contributed by atoms with Crippen molar-refractivity contribution in [3.8, 4) is 5.75 Å². The van der Waals surface area contributed by atoms with Crippen LogP contribution in [0.4, 0.5) is 11.4 Å². The van der Waals surface area contributed by atoms with E-state index >= 15 is 0 Å². The number of benzene rings is 2. The first kappa shape index (κ1) is 22.4. The lowest BCUT2D eigenvalue weighted by molar-refractivity contribution is 0.233. The summed E-state index contributed by atoms with van der Waals surface area (Å²) in [7, 11) is 1.62. The van der Waals surface area contributed by atoms with Gasteiger partial charge in [-0.3, -0.25) is 4.90 Å². The van der Waals surface area contributed by atoms with Gasteiger partial charge in [-0.2, -0.15) is 0 Å². The predicted molar refractivity (Wildman–Crippen MR) is 134 cm³/mol. The van der Waals surface area contributed by atoms with Crippen LogP contribution in [-0.2, 0) is 6.54 Å². The van der Waals surface area contributed by atoms with Crippen LogP contribution in [0.25, 0.3) is 0 Å². The smallest absolute Gasteiger partial charge is 0.139 e. The van der Waals surface area contributed by atoms with E-state index in [0.717, 1.165) is 61.2 Å². The summed E-state index contributed by atoms with van der Waals surface area (Å²) in [5.74, 6) is 1.55. The molecule has 0 aromatic heterocycles. The Kier molecular flexibility index (Phi) is 7.47. The van der Waals surface area contributed by atoms with Gasteiger partial charge in [-0.1, -0.05) is 29.8 Å². The molecule has 0 amide bonds. The quantitative estimate of drug-likeness (QED) is 0.585. The number of hydrogen-bond acceptors (Lipinski definition) is 6. The number of ether oxygens (including phenoxy) is 1. The molecule has 0 bridgehead atoms. The average molecular weight is 452 g/mol. The van der Waals surface area contributed by atoms with Crippen LogP contribution in [0.1, 0.15) is 18.9 Å². The molecule has 0 atom stereocenters. The maximum atomic E-state index is 6.14. The number of halogens is 1. The molecule has 4 rings (SSSR count). The van der Waals surface area contributed by atoms with Gasteiger partial charge in [0.1, 0.15) is 11.6 Å². The van der Waals surface area contributed by atoms with Crippen molar-refractivity contribution < 1.29 is 4.74 Å². The van der Waals surface area contributed by atoms with Gasteiger partial charge in [0, 0.05) is 68.5 Å². The van der Waals surface area contributed by atoms with Crippen LogP contribution in [0.2, 0.25) is 5.02 Å². The third-order valence-corrected chi connectivity index (χ3v) is 5.94. The van der Waals surface area contributed by atoms with Crippen molar-refractivity contribution in [3.05, 3.63) is 76.6 Å². The maximum Gasteiger partial charge on any atom is 0.139 e. The van der Waals surface area contributed by atoms with Crippen LogP contribution < -0.4 is 20.7 Å². The molecule has 168 valence electrons. The number of hydrogen-bond donors (Lipinski definition) is 3. The van der Waals surface area contributed by atoms with Crippen molar-refractivity contribution in [2.24, 2.45) is 4.99 Å². The SMILES string of the molecule is COc1cc(NC2=CCC(Nc3ccc(CN4CCNCC4)cc3)=NC=C2C)ccc1Cl. The van der Waals surface area contributed by atoms with Crippen LogP contribution in [-0.4, -0.2) is 44.0 Å². The van der Waals surface area contributed by atoms with Gasteiger partial charge in [-0.25, -0.2) is 4.99 Å². The van der Waals surface area contributed by atoms with Crippen molar-refractivity contribution in [1.29, 1.82) is 0 Å². The van der Waals surface area contributed by atoms with Crippen LogP contribution >= 0.6 is 11.6 Å². The van der Waals surface area contributed by atoms with Crippen molar-refractivity contribution in [1.82, 2.24) is 10.2 Å². The lowest BCUT2D eigenvalue weighted by atomic mass is 10.1. The molecule has 7 heteroatoms. The summed E-state index contributed by atoms with van der Waals surface area (Å²) in [4.78, 5) is 7.13. The van der Waals surface area contributed by atoms with Gasteiger partial charge in [-0.05, 0) is 42.3 Å². The number of amidine groups is 1. The minimum absolute atomic E-state index is 0.592. The standard InChI is InChI=1S/C25H30ClN5O/c1-18-16-28-25(10-9-23(18)29-21-7-8-22(26)24(15-21)32-2)30-20-5-3-19(4-6-20)17-31-13-11-27-12-14-31/h3-9,15-16,27,29H,10-14,17H2,1-2H3,(H,28,30). The van der Waals surface area contributed by atoms with Gasteiger partial charge < -0.3 is 20.7 Å². The zero-order valence-corrected chi connectivity index (χ0v) is 19.4. The zero-order valence-electron chi connectivity index (χ0n) is 18.6. The molecule has 0 unspecified atom stereocenters. The van der Waals surface area contributed by atoms with Gasteiger partial charge in [0.15, 0.2) is 0 Å². The molecular weight excluding hydrogens is 422 g/mol. The number of piperazine rings is 1. The Balaban J connectivity index is 1.37. The van der Waals surface area contributed by atoms with E-state index < -0.39 is 0 Å². The Labute approximate surface area is 195 Å². The highest BCUT2D eigenvalue weighted by Crippen LogP contribution is 2.29. The Hall–Kier alpha value is -2.80. The van der Waals surface area contributed by atoms with Gasteiger partial charge in [-0.15, -0.1) is 0 Å². The van der Waals surface area contributed by atoms with Gasteiger partial charge in [0.2, 0.25) is 0 Å². The van der Waals surface area contributed by atoms with Crippen molar-refractivity contribution >= 4 is 28.8 Å². The van der Waals surface area contributed by atoms with E-state index in [1.165, 1.54) is 5.56 Å².